The lowest BCUT2D eigenvalue weighted by molar-refractivity contribution is 0.177. The Balaban J connectivity index is 1.41. The second-order valence-corrected chi connectivity index (χ2v) is 9.60. The van der Waals surface area contributed by atoms with Gasteiger partial charge < -0.3 is 4.52 Å². The number of hydrogen-bond donors (Lipinski definition) is 0. The summed E-state index contributed by atoms with van der Waals surface area (Å²) < 4.78 is 33.0. The van der Waals surface area contributed by atoms with Gasteiger partial charge in [0.15, 0.2) is 0 Å². The van der Waals surface area contributed by atoms with Gasteiger partial charge in [-0.25, -0.2) is 8.42 Å². The molecule has 1 aromatic heterocycles. The highest BCUT2D eigenvalue weighted by Gasteiger charge is 2.30. The maximum atomic E-state index is 12.9. The zero-order valence-corrected chi connectivity index (χ0v) is 16.9. The molecule has 1 aliphatic heterocycles. The van der Waals surface area contributed by atoms with E-state index in [0.717, 1.165) is 42.0 Å². The first kappa shape index (κ1) is 18.7. The molecule has 0 bridgehead atoms. The van der Waals surface area contributed by atoms with Gasteiger partial charge in [0, 0.05) is 44.7 Å². The fourth-order valence-electron chi connectivity index (χ4n) is 3.94. The van der Waals surface area contributed by atoms with Crippen molar-refractivity contribution in [2.24, 2.45) is 0 Å². The summed E-state index contributed by atoms with van der Waals surface area (Å²) in [5.74, 6) is 1.05. The molecule has 0 spiro atoms. The number of sulfonamides is 1. The number of nitrogens with zero attached hydrogens (tertiary/aromatic N) is 3. The van der Waals surface area contributed by atoms with Gasteiger partial charge in [0.1, 0.15) is 11.5 Å². The Morgan fingerprint density at radius 3 is 2.52 bits per heavy atom. The van der Waals surface area contributed by atoms with Crippen LogP contribution in [0.25, 0.3) is 0 Å². The molecule has 0 N–H and O–H groups in total. The second kappa shape index (κ2) is 7.37. The van der Waals surface area contributed by atoms with Gasteiger partial charge in [-0.3, -0.25) is 4.90 Å². The fourth-order valence-corrected chi connectivity index (χ4v) is 5.44. The Bertz CT molecular complexity index is 928. The van der Waals surface area contributed by atoms with Gasteiger partial charge in [-0.1, -0.05) is 11.2 Å². The van der Waals surface area contributed by atoms with Crippen LogP contribution >= 0.6 is 0 Å². The van der Waals surface area contributed by atoms with Crippen LogP contribution in [-0.4, -0.2) is 49.0 Å². The van der Waals surface area contributed by atoms with Gasteiger partial charge in [0.2, 0.25) is 10.0 Å². The van der Waals surface area contributed by atoms with Crippen molar-refractivity contribution in [2.75, 3.05) is 26.2 Å². The van der Waals surface area contributed by atoms with Crippen molar-refractivity contribution in [2.45, 2.75) is 51.0 Å². The van der Waals surface area contributed by atoms with Crippen molar-refractivity contribution in [1.82, 2.24) is 14.4 Å². The predicted molar refractivity (Wildman–Crippen MR) is 103 cm³/mol. The van der Waals surface area contributed by atoms with E-state index in [1.54, 1.807) is 16.4 Å². The summed E-state index contributed by atoms with van der Waals surface area (Å²) in [4.78, 5) is 2.67. The van der Waals surface area contributed by atoms with Crippen LogP contribution in [0.3, 0.4) is 0 Å². The van der Waals surface area contributed by atoms with Crippen molar-refractivity contribution >= 4 is 10.0 Å². The molecule has 6 nitrogen and oxygen atoms in total. The normalized spacial score (nSPS) is 19.2. The van der Waals surface area contributed by atoms with Crippen molar-refractivity contribution in [1.29, 1.82) is 0 Å². The first-order valence-electron chi connectivity index (χ1n) is 9.71. The largest absolute Gasteiger partial charge is 0.361 e. The van der Waals surface area contributed by atoms with Crippen molar-refractivity contribution in [3.8, 4) is 0 Å². The van der Waals surface area contributed by atoms with Crippen LogP contribution in [0.4, 0.5) is 0 Å². The van der Waals surface area contributed by atoms with E-state index in [1.807, 2.05) is 19.9 Å². The Kier molecular flexibility index (Phi) is 5.09. The average Bonchev–Trinajstić information content (AvgIpc) is 3.07. The van der Waals surface area contributed by atoms with E-state index in [0.29, 0.717) is 31.1 Å². The molecule has 2 aromatic rings. The number of aromatic nitrogens is 1. The maximum Gasteiger partial charge on any atom is 0.243 e. The monoisotopic (exact) mass is 389 g/mol. The minimum Gasteiger partial charge on any atom is -0.361 e. The Morgan fingerprint density at radius 2 is 1.78 bits per heavy atom. The molecule has 0 amide bonds. The van der Waals surface area contributed by atoms with E-state index in [1.165, 1.54) is 18.4 Å². The summed E-state index contributed by atoms with van der Waals surface area (Å²) in [7, 11) is -3.43. The first-order valence-corrected chi connectivity index (χ1v) is 11.2. The molecule has 1 fully saturated rings. The molecule has 1 aromatic carbocycles. The van der Waals surface area contributed by atoms with Crippen LogP contribution in [-0.2, 0) is 29.4 Å². The standard InChI is InChI=1S/C20H27N3O3S/c1-15-7-8-17(13-16(15)2)27(24,25)23-11-9-22(10-12-23)14-19-18-5-3-4-6-20(18)26-21-19/h7-8,13H,3-6,9-12,14H2,1-2H3. The molecule has 0 radical (unpaired) electrons. The van der Waals surface area contributed by atoms with Crippen molar-refractivity contribution in [3.63, 3.8) is 0 Å². The number of benzene rings is 1. The van der Waals surface area contributed by atoms with Crippen LogP contribution in [0, 0.1) is 13.8 Å². The van der Waals surface area contributed by atoms with E-state index < -0.39 is 10.0 Å². The zero-order chi connectivity index (χ0) is 19.0. The number of piperazine rings is 1. The number of hydrogen-bond acceptors (Lipinski definition) is 5. The molecule has 1 aliphatic carbocycles. The topological polar surface area (TPSA) is 66.7 Å². The molecule has 0 saturated carbocycles. The molecular weight excluding hydrogens is 362 g/mol. The summed E-state index contributed by atoms with van der Waals surface area (Å²) in [6.07, 6.45) is 4.42. The van der Waals surface area contributed by atoms with Gasteiger partial charge in [-0.2, -0.15) is 4.31 Å². The van der Waals surface area contributed by atoms with Crippen molar-refractivity contribution < 1.29 is 12.9 Å². The lowest BCUT2D eigenvalue weighted by Crippen LogP contribution is -2.48. The van der Waals surface area contributed by atoms with Gasteiger partial charge in [0.25, 0.3) is 0 Å². The summed E-state index contributed by atoms with van der Waals surface area (Å²) in [5, 5.41) is 4.28. The summed E-state index contributed by atoms with van der Waals surface area (Å²) in [6.45, 7) is 7.14. The van der Waals surface area contributed by atoms with E-state index in [4.69, 9.17) is 4.52 Å². The summed E-state index contributed by atoms with van der Waals surface area (Å²) in [5.41, 5.74) is 4.43. The SMILES string of the molecule is Cc1ccc(S(=O)(=O)N2CCN(Cc3noc4c3CCCC4)CC2)cc1C. The third kappa shape index (κ3) is 3.68. The highest BCUT2D eigenvalue weighted by molar-refractivity contribution is 7.89. The van der Waals surface area contributed by atoms with Crippen LogP contribution < -0.4 is 0 Å². The molecule has 146 valence electrons. The minimum absolute atomic E-state index is 0.393. The molecule has 0 atom stereocenters. The van der Waals surface area contributed by atoms with Crippen LogP contribution in [0.15, 0.2) is 27.6 Å². The highest BCUT2D eigenvalue weighted by atomic mass is 32.2. The molecule has 4 rings (SSSR count). The third-order valence-corrected chi connectivity index (χ3v) is 7.75. The van der Waals surface area contributed by atoms with E-state index >= 15 is 0 Å². The van der Waals surface area contributed by atoms with Crippen LogP contribution in [0.2, 0.25) is 0 Å². The lowest BCUT2D eigenvalue weighted by atomic mass is 9.96. The van der Waals surface area contributed by atoms with E-state index in [9.17, 15) is 8.42 Å². The Hall–Kier alpha value is -1.70. The fraction of sp³-hybridized carbons (Fsp3) is 0.550. The molecule has 7 heteroatoms. The van der Waals surface area contributed by atoms with Gasteiger partial charge in [-0.05, 0) is 56.4 Å². The Labute approximate surface area is 161 Å². The van der Waals surface area contributed by atoms with E-state index in [2.05, 4.69) is 10.1 Å². The molecule has 1 saturated heterocycles. The van der Waals surface area contributed by atoms with Gasteiger partial charge in [-0.15, -0.1) is 0 Å². The smallest absolute Gasteiger partial charge is 0.243 e. The van der Waals surface area contributed by atoms with Crippen LogP contribution in [0.1, 0.15) is 41.0 Å². The lowest BCUT2D eigenvalue weighted by Gasteiger charge is -2.33. The highest BCUT2D eigenvalue weighted by Crippen LogP contribution is 2.26. The Morgan fingerprint density at radius 1 is 1.04 bits per heavy atom. The second-order valence-electron chi connectivity index (χ2n) is 7.66. The van der Waals surface area contributed by atoms with E-state index in [-0.39, 0.29) is 0 Å². The molecular formula is C20H27N3O3S. The first-order chi connectivity index (χ1) is 12.9. The maximum absolute atomic E-state index is 12.9. The van der Waals surface area contributed by atoms with Crippen molar-refractivity contribution in [3.05, 3.63) is 46.3 Å². The summed E-state index contributed by atoms with van der Waals surface area (Å²) in [6, 6.07) is 5.37. The average molecular weight is 390 g/mol. The number of fused-ring (bicyclic) bond motifs is 1. The van der Waals surface area contributed by atoms with Gasteiger partial charge in [0.05, 0.1) is 4.90 Å². The summed E-state index contributed by atoms with van der Waals surface area (Å²) >= 11 is 0. The number of aryl methyl sites for hydroxylation is 3. The van der Waals surface area contributed by atoms with Crippen LogP contribution in [0.5, 0.6) is 0 Å². The predicted octanol–water partition coefficient (Wildman–Crippen LogP) is 2.68. The molecule has 27 heavy (non-hydrogen) atoms. The minimum atomic E-state index is -3.43. The van der Waals surface area contributed by atoms with Gasteiger partial charge >= 0.3 is 0 Å². The zero-order valence-electron chi connectivity index (χ0n) is 16.1. The number of rotatable bonds is 4. The third-order valence-electron chi connectivity index (χ3n) is 5.85. The molecule has 0 unspecified atom stereocenters. The molecule has 2 heterocycles. The quantitative estimate of drug-likeness (QED) is 0.804. The molecule has 2 aliphatic rings.